The van der Waals surface area contributed by atoms with Crippen molar-refractivity contribution in [2.75, 3.05) is 21.3 Å². The second-order valence-electron chi connectivity index (χ2n) is 8.17. The normalized spacial score (nSPS) is 11.4. The van der Waals surface area contributed by atoms with E-state index in [2.05, 4.69) is 91.1 Å². The zero-order valence-electron chi connectivity index (χ0n) is 20.8. The summed E-state index contributed by atoms with van der Waals surface area (Å²) in [4.78, 5) is 0. The maximum atomic E-state index is 5.29. The quantitative estimate of drug-likeness (QED) is 0.229. The van der Waals surface area contributed by atoms with E-state index in [4.69, 9.17) is 14.2 Å². The molecule has 0 saturated heterocycles. The van der Waals surface area contributed by atoms with Crippen molar-refractivity contribution in [3.8, 4) is 17.2 Å². The van der Waals surface area contributed by atoms with Crippen LogP contribution in [0.3, 0.4) is 0 Å². The fraction of sp³-hybridized carbons (Fsp3) is 0.0909. The molecule has 0 heterocycles. The number of hydrogen-bond acceptors (Lipinski definition) is 3. The minimum absolute atomic E-state index is 0.845. The summed E-state index contributed by atoms with van der Waals surface area (Å²) in [6, 6.07) is 30.5. The summed E-state index contributed by atoms with van der Waals surface area (Å²) in [5.74, 6) is 2.54. The van der Waals surface area contributed by atoms with Gasteiger partial charge in [-0.05, 0) is 69.8 Å². The van der Waals surface area contributed by atoms with Gasteiger partial charge in [-0.2, -0.15) is 0 Å². The Kier molecular flexibility index (Phi) is 8.39. The van der Waals surface area contributed by atoms with Crippen molar-refractivity contribution in [1.29, 1.82) is 0 Å². The zero-order chi connectivity index (χ0) is 25.2. The predicted molar refractivity (Wildman–Crippen MR) is 152 cm³/mol. The van der Waals surface area contributed by atoms with E-state index in [1.165, 1.54) is 0 Å². The van der Waals surface area contributed by atoms with Crippen LogP contribution in [-0.4, -0.2) is 21.3 Å². The van der Waals surface area contributed by atoms with Crippen molar-refractivity contribution in [3.63, 3.8) is 0 Å². The Bertz CT molecular complexity index is 1270. The molecule has 0 aliphatic rings. The third-order valence-electron chi connectivity index (χ3n) is 5.87. The lowest BCUT2D eigenvalue weighted by Gasteiger charge is -2.08. The van der Waals surface area contributed by atoms with Gasteiger partial charge in [-0.1, -0.05) is 91.1 Å². The standard InChI is InChI=1S/C33H30O3/c1-34-30-18-9-25(10-19-30)7-16-28-5-4-6-29(17-8-26-11-20-31(35-2)21-12-26)33(28)24-15-27-13-22-32(36-3)23-14-27/h4-24H,1-3H3/b16-7+,17-8+,24-15+. The van der Waals surface area contributed by atoms with Crippen LogP contribution in [0.4, 0.5) is 0 Å². The van der Waals surface area contributed by atoms with E-state index in [1.807, 2.05) is 36.4 Å². The SMILES string of the molecule is COc1ccc(/C=C/c2cccc(/C=C/c3ccc(OC)cc3)c2/C=C/c2ccc(OC)cc2)cc1. The molecule has 180 valence electrons. The molecule has 0 fully saturated rings. The lowest BCUT2D eigenvalue weighted by molar-refractivity contribution is 0.414. The summed E-state index contributed by atoms with van der Waals surface area (Å²) in [7, 11) is 5.03. The molecular formula is C33H30O3. The highest BCUT2D eigenvalue weighted by Crippen LogP contribution is 2.24. The molecule has 0 bridgehead atoms. The fourth-order valence-corrected chi connectivity index (χ4v) is 3.78. The van der Waals surface area contributed by atoms with Gasteiger partial charge in [0.05, 0.1) is 21.3 Å². The molecule has 4 aromatic carbocycles. The van der Waals surface area contributed by atoms with Gasteiger partial charge in [-0.3, -0.25) is 0 Å². The lowest BCUT2D eigenvalue weighted by atomic mass is 9.97. The average molecular weight is 475 g/mol. The van der Waals surface area contributed by atoms with Gasteiger partial charge in [-0.15, -0.1) is 0 Å². The lowest BCUT2D eigenvalue weighted by Crippen LogP contribution is -1.87. The molecule has 0 spiro atoms. The van der Waals surface area contributed by atoms with Crippen LogP contribution < -0.4 is 14.2 Å². The Hall–Kier alpha value is -4.50. The number of rotatable bonds is 9. The molecule has 3 heteroatoms. The molecule has 0 amide bonds. The molecule has 3 nitrogen and oxygen atoms in total. The Morgan fingerprint density at radius 3 is 1.06 bits per heavy atom. The number of benzene rings is 4. The van der Waals surface area contributed by atoms with E-state index in [1.54, 1.807) is 21.3 Å². The highest BCUT2D eigenvalue weighted by atomic mass is 16.5. The van der Waals surface area contributed by atoms with E-state index in [9.17, 15) is 0 Å². The summed E-state index contributed by atoms with van der Waals surface area (Å²) in [6.07, 6.45) is 12.8. The zero-order valence-corrected chi connectivity index (χ0v) is 20.8. The third kappa shape index (κ3) is 6.55. The van der Waals surface area contributed by atoms with Crippen LogP contribution in [0.15, 0.2) is 91.0 Å². The van der Waals surface area contributed by atoms with Crippen LogP contribution in [0, 0.1) is 0 Å². The molecular weight excluding hydrogens is 444 g/mol. The van der Waals surface area contributed by atoms with Crippen LogP contribution in [0.1, 0.15) is 33.4 Å². The molecule has 0 aliphatic carbocycles. The Morgan fingerprint density at radius 1 is 0.389 bits per heavy atom. The number of hydrogen-bond donors (Lipinski definition) is 0. The molecule has 0 aliphatic heterocycles. The molecule has 0 saturated carbocycles. The summed E-state index contributed by atoms with van der Waals surface area (Å²) >= 11 is 0. The highest BCUT2D eigenvalue weighted by Gasteiger charge is 2.03. The average Bonchev–Trinajstić information content (AvgIpc) is 2.95. The van der Waals surface area contributed by atoms with Crippen molar-refractivity contribution < 1.29 is 14.2 Å². The minimum Gasteiger partial charge on any atom is -0.497 e. The van der Waals surface area contributed by atoms with Crippen molar-refractivity contribution in [2.24, 2.45) is 0 Å². The third-order valence-corrected chi connectivity index (χ3v) is 5.87. The largest absolute Gasteiger partial charge is 0.497 e. The van der Waals surface area contributed by atoms with E-state index in [0.717, 1.165) is 50.6 Å². The second kappa shape index (κ2) is 12.3. The van der Waals surface area contributed by atoms with Gasteiger partial charge in [0.25, 0.3) is 0 Å². The van der Waals surface area contributed by atoms with Crippen LogP contribution in [0.25, 0.3) is 36.5 Å². The van der Waals surface area contributed by atoms with Gasteiger partial charge in [0.1, 0.15) is 17.2 Å². The van der Waals surface area contributed by atoms with Crippen LogP contribution in [-0.2, 0) is 0 Å². The maximum Gasteiger partial charge on any atom is 0.118 e. The number of ether oxygens (including phenoxy) is 3. The van der Waals surface area contributed by atoms with E-state index in [0.29, 0.717) is 0 Å². The van der Waals surface area contributed by atoms with Gasteiger partial charge in [0.2, 0.25) is 0 Å². The van der Waals surface area contributed by atoms with Crippen molar-refractivity contribution in [1.82, 2.24) is 0 Å². The molecule has 0 atom stereocenters. The smallest absolute Gasteiger partial charge is 0.118 e. The first-order chi connectivity index (χ1) is 17.7. The Morgan fingerprint density at radius 2 is 0.722 bits per heavy atom. The van der Waals surface area contributed by atoms with Gasteiger partial charge in [0, 0.05) is 0 Å². The number of methoxy groups -OCH3 is 3. The van der Waals surface area contributed by atoms with E-state index < -0.39 is 0 Å². The fourth-order valence-electron chi connectivity index (χ4n) is 3.78. The molecule has 4 rings (SSSR count). The van der Waals surface area contributed by atoms with Crippen LogP contribution in [0.2, 0.25) is 0 Å². The highest BCUT2D eigenvalue weighted by molar-refractivity contribution is 5.85. The first-order valence-electron chi connectivity index (χ1n) is 11.8. The summed E-state index contributed by atoms with van der Waals surface area (Å²) in [6.45, 7) is 0. The van der Waals surface area contributed by atoms with E-state index in [-0.39, 0.29) is 0 Å². The van der Waals surface area contributed by atoms with Crippen molar-refractivity contribution >= 4 is 36.5 Å². The molecule has 0 radical (unpaired) electrons. The molecule has 0 unspecified atom stereocenters. The predicted octanol–water partition coefficient (Wildman–Crippen LogP) is 8.22. The van der Waals surface area contributed by atoms with Crippen LogP contribution >= 0.6 is 0 Å². The van der Waals surface area contributed by atoms with Gasteiger partial charge >= 0.3 is 0 Å². The monoisotopic (exact) mass is 474 g/mol. The van der Waals surface area contributed by atoms with Gasteiger partial charge in [-0.25, -0.2) is 0 Å². The summed E-state index contributed by atoms with van der Waals surface area (Å²) in [5.41, 5.74) is 6.73. The van der Waals surface area contributed by atoms with E-state index >= 15 is 0 Å². The van der Waals surface area contributed by atoms with Gasteiger partial charge in [0.15, 0.2) is 0 Å². The summed E-state index contributed by atoms with van der Waals surface area (Å²) in [5, 5.41) is 0. The van der Waals surface area contributed by atoms with Crippen molar-refractivity contribution in [3.05, 3.63) is 124 Å². The minimum atomic E-state index is 0.845. The summed E-state index contributed by atoms with van der Waals surface area (Å²) < 4.78 is 15.8. The first-order valence-corrected chi connectivity index (χ1v) is 11.8. The molecule has 4 aromatic rings. The second-order valence-corrected chi connectivity index (χ2v) is 8.17. The van der Waals surface area contributed by atoms with Crippen LogP contribution in [0.5, 0.6) is 17.2 Å². The molecule has 36 heavy (non-hydrogen) atoms. The molecule has 0 aromatic heterocycles. The topological polar surface area (TPSA) is 27.7 Å². The first kappa shape index (κ1) is 24.6. The Labute approximate surface area is 213 Å². The van der Waals surface area contributed by atoms with Crippen molar-refractivity contribution in [2.45, 2.75) is 0 Å². The Balaban J connectivity index is 1.68. The van der Waals surface area contributed by atoms with Gasteiger partial charge < -0.3 is 14.2 Å². The maximum absolute atomic E-state index is 5.29. The molecule has 0 N–H and O–H groups in total.